The van der Waals surface area contributed by atoms with Crippen LogP contribution in [0.4, 0.5) is 0 Å². The SMILES string of the molecule is COc1cc2c(cc1OC)[Si](C)(C)c1cc(OC)c(OC)cc1O2. The summed E-state index contributed by atoms with van der Waals surface area (Å²) in [4.78, 5) is 0. The van der Waals surface area contributed by atoms with Gasteiger partial charge in [0.25, 0.3) is 0 Å². The third-order valence-corrected chi connectivity index (χ3v) is 8.01. The van der Waals surface area contributed by atoms with Crippen LogP contribution in [-0.2, 0) is 0 Å². The minimum Gasteiger partial charge on any atom is -0.493 e. The predicted octanol–water partition coefficient (Wildman–Crippen LogP) is 2.65. The molecule has 0 saturated heterocycles. The molecule has 0 aromatic heterocycles. The van der Waals surface area contributed by atoms with Crippen molar-refractivity contribution in [2.24, 2.45) is 0 Å². The summed E-state index contributed by atoms with van der Waals surface area (Å²) in [5, 5.41) is 2.33. The van der Waals surface area contributed by atoms with Crippen molar-refractivity contribution in [2.75, 3.05) is 28.4 Å². The molecule has 2 aromatic carbocycles. The number of benzene rings is 2. The summed E-state index contributed by atoms with van der Waals surface area (Å²) >= 11 is 0. The van der Waals surface area contributed by atoms with Gasteiger partial charge in [-0.15, -0.1) is 0 Å². The fraction of sp³-hybridized carbons (Fsp3) is 0.333. The Hall–Kier alpha value is -2.34. The molecular weight excluding hydrogens is 324 g/mol. The van der Waals surface area contributed by atoms with E-state index in [4.69, 9.17) is 23.7 Å². The van der Waals surface area contributed by atoms with Crippen molar-refractivity contribution in [3.05, 3.63) is 24.3 Å². The summed E-state index contributed by atoms with van der Waals surface area (Å²) in [5.74, 6) is 4.36. The van der Waals surface area contributed by atoms with Gasteiger partial charge < -0.3 is 23.7 Å². The number of ether oxygens (including phenoxy) is 5. The van der Waals surface area contributed by atoms with Gasteiger partial charge in [0.2, 0.25) is 0 Å². The number of hydrogen-bond acceptors (Lipinski definition) is 5. The van der Waals surface area contributed by atoms with E-state index in [1.54, 1.807) is 28.4 Å². The molecule has 1 heterocycles. The van der Waals surface area contributed by atoms with Crippen molar-refractivity contribution in [2.45, 2.75) is 13.1 Å². The second-order valence-electron chi connectivity index (χ2n) is 6.13. The van der Waals surface area contributed by atoms with Gasteiger partial charge in [0.1, 0.15) is 19.6 Å². The highest BCUT2D eigenvalue weighted by atomic mass is 28.3. The largest absolute Gasteiger partial charge is 0.493 e. The second kappa shape index (κ2) is 5.94. The average molecular weight is 346 g/mol. The molecule has 0 aliphatic carbocycles. The lowest BCUT2D eigenvalue weighted by atomic mass is 10.2. The van der Waals surface area contributed by atoms with Crippen LogP contribution in [-0.4, -0.2) is 36.5 Å². The summed E-state index contributed by atoms with van der Waals surface area (Å²) in [7, 11) is 4.54. The molecule has 3 rings (SSSR count). The molecule has 0 unspecified atom stereocenters. The normalized spacial score (nSPS) is 14.1. The van der Waals surface area contributed by atoms with Crippen LogP contribution in [0.1, 0.15) is 0 Å². The minimum atomic E-state index is -1.99. The van der Waals surface area contributed by atoms with Gasteiger partial charge in [-0.25, -0.2) is 0 Å². The van der Waals surface area contributed by atoms with Crippen molar-refractivity contribution >= 4 is 18.4 Å². The standard InChI is InChI=1S/C18H22O5Si/c1-19-11-7-15-17(9-13(11)21-3)24(5,6)18-10-14(22-4)12(20-2)8-16(18)23-15/h7-10H,1-6H3. The van der Waals surface area contributed by atoms with E-state index in [0.29, 0.717) is 23.0 Å². The van der Waals surface area contributed by atoms with Crippen LogP contribution in [0.15, 0.2) is 24.3 Å². The molecule has 0 radical (unpaired) electrons. The molecular formula is C18H22O5Si. The zero-order chi connectivity index (χ0) is 17.5. The van der Waals surface area contributed by atoms with Crippen LogP contribution >= 0.6 is 0 Å². The molecule has 0 amide bonds. The van der Waals surface area contributed by atoms with Crippen LogP contribution in [0.3, 0.4) is 0 Å². The maximum absolute atomic E-state index is 6.16. The van der Waals surface area contributed by atoms with E-state index in [0.717, 1.165) is 11.5 Å². The van der Waals surface area contributed by atoms with Gasteiger partial charge in [0.05, 0.1) is 28.4 Å². The summed E-state index contributed by atoms with van der Waals surface area (Å²) < 4.78 is 27.9. The lowest BCUT2D eigenvalue weighted by Gasteiger charge is -2.34. The topological polar surface area (TPSA) is 46.2 Å². The van der Waals surface area contributed by atoms with E-state index in [9.17, 15) is 0 Å². The van der Waals surface area contributed by atoms with E-state index in [-0.39, 0.29) is 0 Å². The van der Waals surface area contributed by atoms with E-state index in [2.05, 4.69) is 13.1 Å². The summed E-state index contributed by atoms with van der Waals surface area (Å²) in [6.07, 6.45) is 0. The summed E-state index contributed by atoms with van der Waals surface area (Å²) in [6, 6.07) is 7.84. The van der Waals surface area contributed by atoms with E-state index < -0.39 is 8.07 Å². The Labute approximate surface area is 143 Å². The molecule has 5 nitrogen and oxygen atoms in total. The van der Waals surface area contributed by atoms with Crippen molar-refractivity contribution in [3.8, 4) is 34.5 Å². The maximum Gasteiger partial charge on any atom is 0.164 e. The van der Waals surface area contributed by atoms with Crippen LogP contribution in [0, 0.1) is 0 Å². The molecule has 1 aliphatic heterocycles. The molecule has 0 N–H and O–H groups in total. The van der Waals surface area contributed by atoms with E-state index >= 15 is 0 Å². The van der Waals surface area contributed by atoms with Crippen LogP contribution < -0.4 is 34.1 Å². The molecule has 24 heavy (non-hydrogen) atoms. The average Bonchev–Trinajstić information content (AvgIpc) is 2.59. The number of hydrogen-bond donors (Lipinski definition) is 0. The number of fused-ring (bicyclic) bond motifs is 2. The second-order valence-corrected chi connectivity index (χ2v) is 10.5. The lowest BCUT2D eigenvalue weighted by molar-refractivity contribution is 0.349. The van der Waals surface area contributed by atoms with Crippen molar-refractivity contribution in [1.82, 2.24) is 0 Å². The van der Waals surface area contributed by atoms with Gasteiger partial charge in [-0.05, 0) is 22.5 Å². The molecule has 0 bridgehead atoms. The van der Waals surface area contributed by atoms with Gasteiger partial charge in [-0.3, -0.25) is 0 Å². The fourth-order valence-electron chi connectivity index (χ4n) is 3.13. The quantitative estimate of drug-likeness (QED) is 0.797. The van der Waals surface area contributed by atoms with Gasteiger partial charge in [0.15, 0.2) is 23.0 Å². The third-order valence-electron chi connectivity index (χ3n) is 4.54. The van der Waals surface area contributed by atoms with Gasteiger partial charge in [-0.2, -0.15) is 0 Å². The first-order valence-electron chi connectivity index (χ1n) is 7.67. The molecule has 0 fully saturated rings. The van der Waals surface area contributed by atoms with E-state index in [1.165, 1.54) is 10.4 Å². The van der Waals surface area contributed by atoms with Gasteiger partial charge in [0, 0.05) is 12.1 Å². The molecule has 6 heteroatoms. The van der Waals surface area contributed by atoms with Crippen LogP contribution in [0.25, 0.3) is 0 Å². The molecule has 0 spiro atoms. The Kier molecular flexibility index (Phi) is 4.09. The Bertz CT molecular complexity index is 722. The molecule has 0 saturated carbocycles. The highest BCUT2D eigenvalue weighted by Gasteiger charge is 2.38. The predicted molar refractivity (Wildman–Crippen MR) is 95.9 cm³/mol. The molecule has 128 valence electrons. The highest BCUT2D eigenvalue weighted by molar-refractivity contribution is 7.01. The fourth-order valence-corrected chi connectivity index (χ4v) is 5.88. The Morgan fingerprint density at radius 1 is 0.625 bits per heavy atom. The Morgan fingerprint density at radius 2 is 0.958 bits per heavy atom. The highest BCUT2D eigenvalue weighted by Crippen LogP contribution is 2.40. The van der Waals surface area contributed by atoms with Crippen molar-refractivity contribution < 1.29 is 23.7 Å². The van der Waals surface area contributed by atoms with E-state index in [1.807, 2.05) is 24.3 Å². The third kappa shape index (κ3) is 2.38. The van der Waals surface area contributed by atoms with Crippen molar-refractivity contribution in [1.29, 1.82) is 0 Å². The monoisotopic (exact) mass is 346 g/mol. The van der Waals surface area contributed by atoms with Gasteiger partial charge in [-0.1, -0.05) is 13.1 Å². The maximum atomic E-state index is 6.16. The number of methoxy groups -OCH3 is 4. The first kappa shape index (κ1) is 16.5. The minimum absolute atomic E-state index is 0.657. The lowest BCUT2D eigenvalue weighted by Crippen LogP contribution is -2.56. The number of rotatable bonds is 4. The van der Waals surface area contributed by atoms with Crippen LogP contribution in [0.5, 0.6) is 34.5 Å². The zero-order valence-electron chi connectivity index (χ0n) is 14.9. The first-order valence-corrected chi connectivity index (χ1v) is 10.7. The Balaban J connectivity index is 2.22. The van der Waals surface area contributed by atoms with Crippen molar-refractivity contribution in [3.63, 3.8) is 0 Å². The first-order chi connectivity index (χ1) is 11.5. The van der Waals surface area contributed by atoms with Gasteiger partial charge >= 0.3 is 0 Å². The zero-order valence-corrected chi connectivity index (χ0v) is 15.9. The molecule has 2 aromatic rings. The molecule has 0 atom stereocenters. The van der Waals surface area contributed by atoms with Crippen LogP contribution in [0.2, 0.25) is 13.1 Å². The smallest absolute Gasteiger partial charge is 0.164 e. The summed E-state index contributed by atoms with van der Waals surface area (Å²) in [5.41, 5.74) is 0. The Morgan fingerprint density at radius 3 is 1.29 bits per heavy atom. The molecule has 1 aliphatic rings. The summed E-state index contributed by atoms with van der Waals surface area (Å²) in [6.45, 7) is 4.57.